The number of hydrogen-bond acceptors (Lipinski definition) is 9. The lowest BCUT2D eigenvalue weighted by molar-refractivity contribution is -0.140. The summed E-state index contributed by atoms with van der Waals surface area (Å²) in [6.07, 6.45) is 7.26. The number of carbonyl (C=O) groups is 4. The third-order valence-electron chi connectivity index (χ3n) is 15.6. The van der Waals surface area contributed by atoms with Gasteiger partial charge in [0.2, 0.25) is 11.8 Å². The Labute approximate surface area is 389 Å². The Kier molecular flexibility index (Phi) is 11.9. The number of methoxy groups -OCH3 is 1. The molecule has 10 atom stereocenters. The maximum absolute atomic E-state index is 14.6. The predicted octanol–water partition coefficient (Wildman–Crippen LogP) is 8.77. The third kappa shape index (κ3) is 8.14. The average molecular weight is 915 g/mol. The van der Waals surface area contributed by atoms with Gasteiger partial charge < -0.3 is 49.7 Å². The van der Waals surface area contributed by atoms with Crippen molar-refractivity contribution in [3.05, 3.63) is 65.9 Å². The number of nitrogens with zero attached hydrogens (tertiary/aromatic N) is 4. The van der Waals surface area contributed by atoms with Crippen LogP contribution in [0.2, 0.25) is 0 Å². The van der Waals surface area contributed by atoms with Gasteiger partial charge in [0, 0.05) is 23.0 Å². The number of rotatable bonds is 10. The van der Waals surface area contributed by atoms with Crippen molar-refractivity contribution in [1.82, 2.24) is 40.4 Å². The number of carbonyl (C=O) groups excluding carboxylic acids is 3. The lowest BCUT2D eigenvalue weighted by Gasteiger charge is -2.39. The predicted molar refractivity (Wildman–Crippen MR) is 251 cm³/mol. The summed E-state index contributed by atoms with van der Waals surface area (Å²) in [5.74, 6) is 2.00. The number of H-pyrrole nitrogens is 2. The molecule has 16 nitrogen and oxygen atoms in total. The van der Waals surface area contributed by atoms with Crippen molar-refractivity contribution in [3.8, 4) is 28.1 Å². The summed E-state index contributed by atoms with van der Waals surface area (Å²) in [6, 6.07) is 12.6. The molecule has 1 unspecified atom stereocenters. The van der Waals surface area contributed by atoms with E-state index in [2.05, 4.69) is 63.9 Å². The zero-order valence-electron chi connectivity index (χ0n) is 39.1. The Hall–Kier alpha value is -6.16. The molecular weight excluding hydrogens is 853 g/mol. The number of likely N-dealkylation sites (tertiary alicyclic amines) is 2. The van der Waals surface area contributed by atoms with Gasteiger partial charge in [-0.3, -0.25) is 9.59 Å². The number of fused-ring (bicyclic) bond motifs is 7. The highest BCUT2D eigenvalue weighted by Gasteiger charge is 2.50. The van der Waals surface area contributed by atoms with E-state index in [0.29, 0.717) is 37.6 Å². The molecule has 4 amide bonds. The highest BCUT2D eigenvalue weighted by Crippen LogP contribution is 2.48. The Morgan fingerprint density at radius 1 is 0.896 bits per heavy atom. The first-order chi connectivity index (χ1) is 32.3. The molecule has 1 saturated carbocycles. The highest BCUT2D eigenvalue weighted by atomic mass is 16.5. The maximum Gasteiger partial charge on any atom is 0.407 e. The van der Waals surface area contributed by atoms with Gasteiger partial charge in [-0.1, -0.05) is 44.9 Å². The van der Waals surface area contributed by atoms with E-state index >= 15 is 0 Å². The van der Waals surface area contributed by atoms with E-state index < -0.39 is 24.3 Å². The minimum absolute atomic E-state index is 0.0364. The second-order valence-corrected chi connectivity index (χ2v) is 19.9. The van der Waals surface area contributed by atoms with E-state index in [-0.39, 0.29) is 60.0 Å². The van der Waals surface area contributed by atoms with E-state index in [1.54, 1.807) is 0 Å². The number of carboxylic acid groups (broad SMARTS) is 1. The van der Waals surface area contributed by atoms with Gasteiger partial charge in [0.25, 0.3) is 0 Å². The summed E-state index contributed by atoms with van der Waals surface area (Å²) in [6.45, 7) is 10.3. The van der Waals surface area contributed by atoms with E-state index in [0.717, 1.165) is 99.9 Å². The molecule has 4 aliphatic heterocycles. The lowest BCUT2D eigenvalue weighted by atomic mass is 9.85. The van der Waals surface area contributed by atoms with Crippen LogP contribution >= 0.6 is 0 Å². The molecular formula is C51H62N8O8. The molecule has 4 fully saturated rings. The number of hydrogen-bond donors (Lipinski definition) is 5. The van der Waals surface area contributed by atoms with E-state index in [1.807, 2.05) is 49.8 Å². The van der Waals surface area contributed by atoms with Gasteiger partial charge in [0.15, 0.2) is 0 Å². The molecule has 16 heteroatoms. The molecule has 0 radical (unpaired) electrons. The van der Waals surface area contributed by atoms with Crippen molar-refractivity contribution < 1.29 is 38.5 Å². The van der Waals surface area contributed by atoms with Crippen LogP contribution in [0.3, 0.4) is 0 Å². The quantitative estimate of drug-likeness (QED) is 0.0901. The number of alkyl carbamates (subject to hydrolysis) is 1. The van der Waals surface area contributed by atoms with Crippen molar-refractivity contribution in [2.75, 3.05) is 7.11 Å². The van der Waals surface area contributed by atoms with Crippen LogP contribution in [0, 0.1) is 17.8 Å². The molecule has 3 saturated heterocycles. The highest BCUT2D eigenvalue weighted by molar-refractivity contribution is 6.07. The standard InChI is InChI=1S/C51H62N8O8/c1-7-25(2)43(56-50(62)63)48(60)59-39-10-8-9-31(39)21-41(59)46-52-23-38(54-46)30-12-14-34-33(19-30)24-66-42-22-35-29(20-36(34)42)13-15-37-45(35)55-47(53-37)40-16-11-26(3)58(40)49(61)44(57-51(64)65-6)32-17-27(4)67-28(5)18-32/h12-15,19-20,22-23,25-28,31-32,39-41,43-44,56H,7-11,16-18,21,24H2,1-6H3,(H,52,54)(H,53,55)(H,57,64)(H,62,63)/t25-,26-,27+,28+,31?,39-,40-,41-,43-,44-/m0/s1. The zero-order valence-corrected chi connectivity index (χ0v) is 39.1. The Morgan fingerprint density at radius 3 is 2.46 bits per heavy atom. The van der Waals surface area contributed by atoms with Crippen molar-refractivity contribution >= 4 is 45.8 Å². The van der Waals surface area contributed by atoms with E-state index in [1.165, 1.54) is 7.11 Å². The Morgan fingerprint density at radius 2 is 1.70 bits per heavy atom. The monoisotopic (exact) mass is 914 g/mol. The molecule has 0 spiro atoms. The fourth-order valence-electron chi connectivity index (χ4n) is 12.2. The SMILES string of the molecule is CC[C@H](C)[C@H](NC(=O)O)C(=O)N1[C@H](c2ncc(-c3ccc4c(c3)COc3cc5c(ccc6nc([C@@H]7CC[C@H](C)N7C(=O)[C@@H](NC(=O)OC)C7C[C@@H](C)O[C@H](C)C7)[nH]c65)cc3-4)[nH]2)CC2CCC[C@@H]21. The molecule has 6 heterocycles. The first-order valence-electron chi connectivity index (χ1n) is 24.2. The molecule has 354 valence electrons. The summed E-state index contributed by atoms with van der Waals surface area (Å²) in [5.41, 5.74) is 6.58. The first kappa shape index (κ1) is 44.7. The Bertz CT molecular complexity index is 2720. The molecule has 10 rings (SSSR count). The minimum atomic E-state index is -1.19. The van der Waals surface area contributed by atoms with Crippen LogP contribution < -0.4 is 15.4 Å². The first-order valence-corrected chi connectivity index (χ1v) is 24.2. The molecule has 1 aliphatic carbocycles. The molecule has 5 N–H and O–H groups in total. The number of ether oxygens (including phenoxy) is 3. The van der Waals surface area contributed by atoms with Crippen LogP contribution in [0.25, 0.3) is 44.2 Å². The summed E-state index contributed by atoms with van der Waals surface area (Å²) in [7, 11) is 1.32. The van der Waals surface area contributed by atoms with Gasteiger partial charge in [-0.25, -0.2) is 19.6 Å². The molecule has 67 heavy (non-hydrogen) atoms. The second-order valence-electron chi connectivity index (χ2n) is 19.9. The summed E-state index contributed by atoms with van der Waals surface area (Å²) < 4.78 is 17.5. The van der Waals surface area contributed by atoms with Crippen molar-refractivity contribution in [3.63, 3.8) is 0 Å². The van der Waals surface area contributed by atoms with Crippen LogP contribution in [0.4, 0.5) is 9.59 Å². The van der Waals surface area contributed by atoms with Crippen molar-refractivity contribution in [1.29, 1.82) is 0 Å². The van der Waals surface area contributed by atoms with Crippen molar-refractivity contribution in [2.45, 2.75) is 147 Å². The fraction of sp³-hybridized carbons (Fsp3) is 0.529. The molecule has 5 aromatic rings. The fourth-order valence-corrected chi connectivity index (χ4v) is 12.2. The Balaban J connectivity index is 0.908. The summed E-state index contributed by atoms with van der Waals surface area (Å²) in [5, 5.41) is 17.1. The average Bonchev–Trinajstić information content (AvgIpc) is 4.17. The summed E-state index contributed by atoms with van der Waals surface area (Å²) in [4.78, 5) is 74.2. The zero-order chi connectivity index (χ0) is 46.8. The largest absolute Gasteiger partial charge is 0.488 e. The number of benzene rings is 3. The molecule has 0 bridgehead atoms. The van der Waals surface area contributed by atoms with E-state index in [9.17, 15) is 24.3 Å². The van der Waals surface area contributed by atoms with Gasteiger partial charge in [0.05, 0.1) is 54.3 Å². The van der Waals surface area contributed by atoms with Gasteiger partial charge in [-0.2, -0.15) is 0 Å². The van der Waals surface area contributed by atoms with Crippen molar-refractivity contribution in [2.24, 2.45) is 17.8 Å². The van der Waals surface area contributed by atoms with Crippen LogP contribution in [-0.4, -0.2) is 102 Å². The normalized spacial score (nSPS) is 26.9. The van der Waals surface area contributed by atoms with Crippen LogP contribution in [0.1, 0.15) is 122 Å². The smallest absolute Gasteiger partial charge is 0.407 e. The third-order valence-corrected chi connectivity index (χ3v) is 15.6. The summed E-state index contributed by atoms with van der Waals surface area (Å²) >= 11 is 0. The van der Waals surface area contributed by atoms with E-state index in [4.69, 9.17) is 24.2 Å². The lowest BCUT2D eigenvalue weighted by Crippen LogP contribution is -2.55. The molecule has 5 aliphatic rings. The van der Waals surface area contributed by atoms with Gasteiger partial charge in [-0.05, 0) is 130 Å². The maximum atomic E-state index is 14.6. The van der Waals surface area contributed by atoms with Gasteiger partial charge in [-0.15, -0.1) is 0 Å². The molecule has 3 aromatic carbocycles. The number of amides is 4. The minimum Gasteiger partial charge on any atom is -0.488 e. The van der Waals surface area contributed by atoms with Gasteiger partial charge in [0.1, 0.15) is 36.1 Å². The van der Waals surface area contributed by atoms with Crippen LogP contribution in [0.15, 0.2) is 48.7 Å². The second kappa shape index (κ2) is 17.8. The molecule has 2 aromatic heterocycles. The topological polar surface area (TPSA) is 204 Å². The number of aromatic amines is 2. The van der Waals surface area contributed by atoms with Crippen LogP contribution in [-0.2, 0) is 25.7 Å². The van der Waals surface area contributed by atoms with Gasteiger partial charge >= 0.3 is 12.2 Å². The van der Waals surface area contributed by atoms with Crippen LogP contribution in [0.5, 0.6) is 5.75 Å². The number of aromatic nitrogens is 4. The number of nitrogens with one attached hydrogen (secondary N) is 4. The number of imidazole rings is 2.